The molecule has 0 radical (unpaired) electrons. The predicted octanol–water partition coefficient (Wildman–Crippen LogP) is 3.47. The molecule has 0 saturated heterocycles. The van der Waals surface area contributed by atoms with E-state index in [4.69, 9.17) is 15.1 Å². The molecule has 1 aromatic carbocycles. The number of aryl methyl sites for hydroxylation is 1. The Morgan fingerprint density at radius 2 is 2.00 bits per heavy atom. The summed E-state index contributed by atoms with van der Waals surface area (Å²) in [5, 5.41) is 18.0. The van der Waals surface area contributed by atoms with Gasteiger partial charge in [-0.05, 0) is 51.5 Å². The zero-order valence-electron chi connectivity index (χ0n) is 13.9. The van der Waals surface area contributed by atoms with Gasteiger partial charge in [-0.2, -0.15) is 5.26 Å². The van der Waals surface area contributed by atoms with E-state index in [0.29, 0.717) is 30.3 Å². The highest BCUT2D eigenvalue weighted by Gasteiger charge is 2.16. The zero-order valence-corrected chi connectivity index (χ0v) is 13.9. The van der Waals surface area contributed by atoms with Crippen LogP contribution in [0.25, 0.3) is 11.4 Å². The number of carboxylic acid groups (broad SMARTS) is 1. The van der Waals surface area contributed by atoms with Crippen LogP contribution < -0.4 is 4.74 Å². The number of hydrogen-bond donors (Lipinski definition) is 1. The molecule has 2 rings (SSSR count). The normalized spacial score (nSPS) is 10.9. The second-order valence-electron chi connectivity index (χ2n) is 6.12. The molecule has 1 heterocycles. The zero-order chi connectivity index (χ0) is 17.7. The van der Waals surface area contributed by atoms with E-state index in [9.17, 15) is 4.79 Å². The van der Waals surface area contributed by atoms with Crippen molar-refractivity contribution in [1.82, 2.24) is 9.97 Å². The molecule has 0 aliphatic carbocycles. The Balaban J connectivity index is 2.06. The van der Waals surface area contributed by atoms with E-state index in [1.54, 1.807) is 19.1 Å². The minimum atomic E-state index is -1.04. The van der Waals surface area contributed by atoms with Crippen LogP contribution in [0.3, 0.4) is 0 Å². The third-order valence-corrected chi connectivity index (χ3v) is 3.62. The highest BCUT2D eigenvalue weighted by atomic mass is 16.5. The maximum absolute atomic E-state index is 11.0. The summed E-state index contributed by atoms with van der Waals surface area (Å²) in [7, 11) is 0. The minimum Gasteiger partial charge on any atom is -0.494 e. The SMILES string of the molecule is Cc1nc(-c2ccc(OCCC(C)(C)C#N)cc2)ncc1C(=O)O. The standard InChI is InChI=1S/C18H19N3O3/c1-12-15(17(22)23)10-20-16(21-12)13-4-6-14(7-5-13)24-9-8-18(2,3)11-19/h4-7,10H,8-9H2,1-3H3,(H,22,23). The van der Waals surface area contributed by atoms with Gasteiger partial charge in [-0.15, -0.1) is 0 Å². The van der Waals surface area contributed by atoms with Crippen molar-refractivity contribution in [2.75, 3.05) is 6.61 Å². The van der Waals surface area contributed by atoms with Crippen LogP contribution in [0.5, 0.6) is 5.75 Å². The fraction of sp³-hybridized carbons (Fsp3) is 0.333. The number of nitrogens with zero attached hydrogens (tertiary/aromatic N) is 3. The molecule has 0 aliphatic heterocycles. The number of aromatic nitrogens is 2. The lowest BCUT2D eigenvalue weighted by molar-refractivity contribution is 0.0695. The van der Waals surface area contributed by atoms with Gasteiger partial charge in [0.25, 0.3) is 0 Å². The monoisotopic (exact) mass is 325 g/mol. The van der Waals surface area contributed by atoms with Crippen LogP contribution in [-0.4, -0.2) is 27.7 Å². The fourth-order valence-electron chi connectivity index (χ4n) is 2.00. The Kier molecular flexibility index (Phi) is 5.14. The summed E-state index contributed by atoms with van der Waals surface area (Å²) in [6.45, 7) is 5.85. The van der Waals surface area contributed by atoms with E-state index in [0.717, 1.165) is 5.56 Å². The topological polar surface area (TPSA) is 96.1 Å². The molecule has 1 N–H and O–H groups in total. The van der Waals surface area contributed by atoms with Gasteiger partial charge in [0.15, 0.2) is 5.82 Å². The van der Waals surface area contributed by atoms with Crippen LogP contribution >= 0.6 is 0 Å². The Hall–Kier alpha value is -2.94. The molecule has 6 nitrogen and oxygen atoms in total. The Morgan fingerprint density at radius 1 is 1.33 bits per heavy atom. The molecule has 0 saturated carbocycles. The third-order valence-electron chi connectivity index (χ3n) is 3.62. The number of benzene rings is 1. The van der Waals surface area contributed by atoms with Gasteiger partial charge in [-0.3, -0.25) is 0 Å². The van der Waals surface area contributed by atoms with Crippen molar-refractivity contribution in [1.29, 1.82) is 5.26 Å². The Morgan fingerprint density at radius 3 is 2.54 bits per heavy atom. The lowest BCUT2D eigenvalue weighted by Gasteiger charge is -2.15. The van der Waals surface area contributed by atoms with Crippen LogP contribution in [0.4, 0.5) is 0 Å². The Bertz CT molecular complexity index is 777. The quantitative estimate of drug-likeness (QED) is 0.873. The molecular weight excluding hydrogens is 306 g/mol. The van der Waals surface area contributed by atoms with Crippen molar-refractivity contribution in [3.05, 3.63) is 41.7 Å². The van der Waals surface area contributed by atoms with Crippen LogP contribution in [0.2, 0.25) is 0 Å². The highest BCUT2D eigenvalue weighted by Crippen LogP contribution is 2.22. The Labute approximate surface area is 140 Å². The van der Waals surface area contributed by atoms with Crippen LogP contribution in [0, 0.1) is 23.7 Å². The van der Waals surface area contributed by atoms with Gasteiger partial charge in [-0.25, -0.2) is 14.8 Å². The molecule has 0 aliphatic rings. The first-order valence-corrected chi connectivity index (χ1v) is 7.54. The molecule has 0 bridgehead atoms. The molecule has 2 aromatic rings. The van der Waals surface area contributed by atoms with Crippen LogP contribution in [-0.2, 0) is 0 Å². The molecule has 0 amide bonds. The van der Waals surface area contributed by atoms with E-state index < -0.39 is 11.4 Å². The number of carboxylic acids is 1. The van der Waals surface area contributed by atoms with Gasteiger partial charge in [0.1, 0.15) is 5.75 Å². The van der Waals surface area contributed by atoms with Crippen molar-refractivity contribution in [3.63, 3.8) is 0 Å². The van der Waals surface area contributed by atoms with Crippen molar-refractivity contribution in [2.45, 2.75) is 27.2 Å². The van der Waals surface area contributed by atoms with Crippen molar-refractivity contribution in [3.8, 4) is 23.2 Å². The highest BCUT2D eigenvalue weighted by molar-refractivity contribution is 5.88. The van der Waals surface area contributed by atoms with Crippen molar-refractivity contribution in [2.24, 2.45) is 5.41 Å². The van der Waals surface area contributed by atoms with Gasteiger partial charge in [0.2, 0.25) is 0 Å². The van der Waals surface area contributed by atoms with Gasteiger partial charge < -0.3 is 9.84 Å². The lowest BCUT2D eigenvalue weighted by atomic mass is 9.92. The first kappa shape index (κ1) is 17.4. The summed E-state index contributed by atoms with van der Waals surface area (Å²) in [5.41, 5.74) is 0.891. The molecule has 24 heavy (non-hydrogen) atoms. The maximum Gasteiger partial charge on any atom is 0.339 e. The second-order valence-corrected chi connectivity index (χ2v) is 6.12. The first-order valence-electron chi connectivity index (χ1n) is 7.54. The van der Waals surface area contributed by atoms with E-state index in [2.05, 4.69) is 16.0 Å². The summed E-state index contributed by atoms with van der Waals surface area (Å²) in [4.78, 5) is 19.3. The maximum atomic E-state index is 11.0. The summed E-state index contributed by atoms with van der Waals surface area (Å²) in [6, 6.07) is 9.48. The number of carbonyl (C=O) groups is 1. The average molecular weight is 325 g/mol. The van der Waals surface area contributed by atoms with Crippen molar-refractivity contribution < 1.29 is 14.6 Å². The third kappa shape index (κ3) is 4.29. The number of nitriles is 1. The minimum absolute atomic E-state index is 0.0961. The van der Waals surface area contributed by atoms with Gasteiger partial charge in [-0.1, -0.05) is 0 Å². The smallest absolute Gasteiger partial charge is 0.339 e. The largest absolute Gasteiger partial charge is 0.494 e. The predicted molar refractivity (Wildman–Crippen MR) is 88.7 cm³/mol. The van der Waals surface area contributed by atoms with Gasteiger partial charge in [0, 0.05) is 11.8 Å². The second kappa shape index (κ2) is 7.09. The lowest BCUT2D eigenvalue weighted by Crippen LogP contribution is -2.13. The summed E-state index contributed by atoms with van der Waals surface area (Å²) in [6.07, 6.45) is 1.96. The summed E-state index contributed by atoms with van der Waals surface area (Å²) < 4.78 is 5.64. The fourth-order valence-corrected chi connectivity index (χ4v) is 2.00. The van der Waals surface area contributed by atoms with E-state index in [1.165, 1.54) is 6.20 Å². The number of rotatable bonds is 6. The summed E-state index contributed by atoms with van der Waals surface area (Å²) >= 11 is 0. The molecule has 6 heteroatoms. The number of ether oxygens (including phenoxy) is 1. The van der Waals surface area contributed by atoms with Crippen LogP contribution in [0.1, 0.15) is 36.3 Å². The molecule has 0 spiro atoms. The van der Waals surface area contributed by atoms with Crippen LogP contribution in [0.15, 0.2) is 30.5 Å². The summed E-state index contributed by atoms with van der Waals surface area (Å²) in [5.74, 6) is 0.129. The van der Waals surface area contributed by atoms with Gasteiger partial charge >= 0.3 is 5.97 Å². The molecular formula is C18H19N3O3. The van der Waals surface area contributed by atoms with Crippen molar-refractivity contribution >= 4 is 5.97 Å². The van der Waals surface area contributed by atoms with E-state index in [-0.39, 0.29) is 5.56 Å². The number of aromatic carboxylic acids is 1. The number of hydrogen-bond acceptors (Lipinski definition) is 5. The molecule has 124 valence electrons. The first-order chi connectivity index (χ1) is 11.3. The molecule has 0 fully saturated rings. The molecule has 0 unspecified atom stereocenters. The average Bonchev–Trinajstić information content (AvgIpc) is 2.55. The van der Waals surface area contributed by atoms with E-state index >= 15 is 0 Å². The van der Waals surface area contributed by atoms with E-state index in [1.807, 2.05) is 26.0 Å². The molecule has 1 aromatic heterocycles. The van der Waals surface area contributed by atoms with Gasteiger partial charge in [0.05, 0.1) is 29.3 Å². The molecule has 0 atom stereocenters.